The quantitative estimate of drug-likeness (QED) is 0.654. The maximum atomic E-state index is 6.15. The minimum absolute atomic E-state index is 0.594. The Morgan fingerprint density at radius 3 is 2.45 bits per heavy atom. The zero-order chi connectivity index (χ0) is 14.1. The second-order valence-electron chi connectivity index (χ2n) is 4.13. The van der Waals surface area contributed by atoms with Gasteiger partial charge in [-0.2, -0.15) is 0 Å². The lowest BCUT2D eigenvalue weighted by Gasteiger charge is -2.08. The summed E-state index contributed by atoms with van der Waals surface area (Å²) in [7, 11) is 0. The van der Waals surface area contributed by atoms with Crippen molar-refractivity contribution in [3.63, 3.8) is 0 Å². The van der Waals surface area contributed by atoms with E-state index in [1.165, 1.54) is 0 Å². The van der Waals surface area contributed by atoms with Crippen molar-refractivity contribution in [1.29, 1.82) is 0 Å². The molecule has 0 atom stereocenters. The average Bonchev–Trinajstić information content (AvgIpc) is 2.46. The Balaban J connectivity index is 2.01. The highest BCUT2D eigenvalue weighted by molar-refractivity contribution is 9.10. The van der Waals surface area contributed by atoms with E-state index in [0.29, 0.717) is 21.7 Å². The first-order valence-corrected chi connectivity index (χ1v) is 7.31. The van der Waals surface area contributed by atoms with Crippen LogP contribution in [0.3, 0.4) is 0 Å². The average molecular weight is 369 g/mol. The van der Waals surface area contributed by atoms with Crippen LogP contribution in [0, 0.1) is 0 Å². The monoisotopic (exact) mass is 367 g/mol. The molecule has 100 valence electrons. The van der Waals surface area contributed by atoms with Crippen LogP contribution in [-0.4, -0.2) is 9.97 Å². The van der Waals surface area contributed by atoms with Crippen molar-refractivity contribution >= 4 is 61.5 Å². The summed E-state index contributed by atoms with van der Waals surface area (Å²) < 4.78 is 0.964. The number of hydrogen-bond acceptors (Lipinski definition) is 3. The van der Waals surface area contributed by atoms with Crippen LogP contribution in [0.2, 0.25) is 10.0 Å². The summed E-state index contributed by atoms with van der Waals surface area (Å²) in [4.78, 5) is 8.51. The van der Waals surface area contributed by atoms with Crippen LogP contribution in [0.25, 0.3) is 10.8 Å². The molecule has 2 aromatic heterocycles. The lowest BCUT2D eigenvalue weighted by atomic mass is 10.2. The van der Waals surface area contributed by atoms with Gasteiger partial charge in [0.25, 0.3) is 0 Å². The number of hydrogen-bond donors (Lipinski definition) is 1. The van der Waals surface area contributed by atoms with Crippen molar-refractivity contribution in [2.45, 2.75) is 0 Å². The molecule has 0 bridgehead atoms. The number of pyridine rings is 2. The van der Waals surface area contributed by atoms with Gasteiger partial charge in [0.15, 0.2) is 0 Å². The fraction of sp³-hybridized carbons (Fsp3) is 0. The molecular formula is C14H8BrCl2N3. The Kier molecular flexibility index (Phi) is 3.78. The molecule has 0 amide bonds. The maximum Gasteiger partial charge on any atom is 0.132 e. The number of nitrogens with zero attached hydrogens (tertiary/aromatic N) is 2. The Labute approximate surface area is 134 Å². The molecule has 3 rings (SSSR count). The highest BCUT2D eigenvalue weighted by Crippen LogP contribution is 2.31. The van der Waals surface area contributed by atoms with E-state index in [1.807, 2.05) is 18.2 Å². The smallest absolute Gasteiger partial charge is 0.132 e. The molecule has 0 saturated carbocycles. The highest BCUT2D eigenvalue weighted by Gasteiger charge is 2.06. The molecule has 0 saturated heterocycles. The van der Waals surface area contributed by atoms with Crippen molar-refractivity contribution in [1.82, 2.24) is 9.97 Å². The summed E-state index contributed by atoms with van der Waals surface area (Å²) in [6.07, 6.45) is 3.32. The van der Waals surface area contributed by atoms with Crippen molar-refractivity contribution < 1.29 is 0 Å². The number of halogens is 3. The minimum atomic E-state index is 0.594. The normalized spacial score (nSPS) is 10.8. The summed E-state index contributed by atoms with van der Waals surface area (Å²) >= 11 is 15.5. The van der Waals surface area contributed by atoms with E-state index < -0.39 is 0 Å². The third-order valence-corrected chi connectivity index (χ3v) is 4.02. The molecule has 0 fully saturated rings. The van der Waals surface area contributed by atoms with E-state index in [2.05, 4.69) is 31.2 Å². The number of nitrogens with one attached hydrogen (secondary N) is 1. The molecule has 0 aliphatic carbocycles. The van der Waals surface area contributed by atoms with Crippen LogP contribution in [0.4, 0.5) is 11.6 Å². The predicted octanol–water partition coefficient (Wildman–Crippen LogP) is 5.44. The van der Waals surface area contributed by atoms with E-state index in [1.54, 1.807) is 24.5 Å². The van der Waals surface area contributed by atoms with E-state index in [4.69, 9.17) is 23.2 Å². The Morgan fingerprint density at radius 1 is 0.900 bits per heavy atom. The van der Waals surface area contributed by atoms with Gasteiger partial charge in [-0.25, -0.2) is 9.97 Å². The standard InChI is InChI=1S/C14H8BrCl2N3/c15-11-2-3-12(17)10-7-19-14(5-9(10)11)20-13-4-1-8(16)6-18-13/h1-7H,(H,18,19,20). The first-order valence-electron chi connectivity index (χ1n) is 5.76. The molecule has 3 nitrogen and oxygen atoms in total. The number of aromatic nitrogens is 2. The summed E-state index contributed by atoms with van der Waals surface area (Å²) in [5.41, 5.74) is 0. The molecule has 0 spiro atoms. The SMILES string of the molecule is Clc1ccc(Nc2cc3c(Br)ccc(Cl)c3cn2)nc1. The minimum Gasteiger partial charge on any atom is -0.325 e. The van der Waals surface area contributed by atoms with Gasteiger partial charge in [0.05, 0.1) is 10.0 Å². The number of fused-ring (bicyclic) bond motifs is 1. The lowest BCUT2D eigenvalue weighted by molar-refractivity contribution is 1.26. The second-order valence-corrected chi connectivity index (χ2v) is 5.83. The first kappa shape index (κ1) is 13.6. The molecular weight excluding hydrogens is 361 g/mol. The van der Waals surface area contributed by atoms with Gasteiger partial charge in [0.1, 0.15) is 11.6 Å². The summed E-state index contributed by atoms with van der Waals surface area (Å²) in [5.74, 6) is 1.37. The summed E-state index contributed by atoms with van der Waals surface area (Å²) in [6, 6.07) is 9.23. The van der Waals surface area contributed by atoms with Crippen LogP contribution in [0.1, 0.15) is 0 Å². The largest absolute Gasteiger partial charge is 0.325 e. The highest BCUT2D eigenvalue weighted by atomic mass is 79.9. The van der Waals surface area contributed by atoms with Crippen molar-refractivity contribution in [3.8, 4) is 0 Å². The summed E-state index contributed by atoms with van der Waals surface area (Å²) in [6.45, 7) is 0. The van der Waals surface area contributed by atoms with Gasteiger partial charge in [-0.1, -0.05) is 39.1 Å². The van der Waals surface area contributed by atoms with Crippen LogP contribution >= 0.6 is 39.1 Å². The van der Waals surface area contributed by atoms with Gasteiger partial charge < -0.3 is 5.32 Å². The molecule has 0 radical (unpaired) electrons. The van der Waals surface area contributed by atoms with Crippen LogP contribution in [0.5, 0.6) is 0 Å². The maximum absolute atomic E-state index is 6.15. The molecule has 1 N–H and O–H groups in total. The topological polar surface area (TPSA) is 37.8 Å². The molecule has 0 aliphatic heterocycles. The van der Waals surface area contributed by atoms with Crippen LogP contribution in [0.15, 0.2) is 47.2 Å². The fourth-order valence-electron chi connectivity index (χ4n) is 1.82. The van der Waals surface area contributed by atoms with Crippen molar-refractivity contribution in [2.24, 2.45) is 0 Å². The predicted molar refractivity (Wildman–Crippen MR) is 87.0 cm³/mol. The lowest BCUT2D eigenvalue weighted by Crippen LogP contribution is -1.95. The van der Waals surface area contributed by atoms with Gasteiger partial charge in [0, 0.05) is 27.6 Å². The molecule has 6 heteroatoms. The number of benzene rings is 1. The van der Waals surface area contributed by atoms with Crippen molar-refractivity contribution in [2.75, 3.05) is 5.32 Å². The Morgan fingerprint density at radius 2 is 1.70 bits per heavy atom. The molecule has 0 aliphatic rings. The van der Waals surface area contributed by atoms with Crippen LogP contribution < -0.4 is 5.32 Å². The van der Waals surface area contributed by atoms with Gasteiger partial charge in [-0.3, -0.25) is 0 Å². The number of rotatable bonds is 2. The molecule has 1 aromatic carbocycles. The van der Waals surface area contributed by atoms with E-state index in [9.17, 15) is 0 Å². The first-order chi connectivity index (χ1) is 9.63. The van der Waals surface area contributed by atoms with Gasteiger partial charge in [0.2, 0.25) is 0 Å². The van der Waals surface area contributed by atoms with Crippen LogP contribution in [-0.2, 0) is 0 Å². The summed E-state index contributed by atoms with van der Waals surface area (Å²) in [5, 5.41) is 6.28. The third-order valence-electron chi connectivity index (χ3n) is 2.78. The number of anilines is 2. The molecule has 20 heavy (non-hydrogen) atoms. The zero-order valence-corrected chi connectivity index (χ0v) is 13.2. The van der Waals surface area contributed by atoms with E-state index in [-0.39, 0.29) is 0 Å². The molecule has 2 heterocycles. The fourth-order valence-corrected chi connectivity index (χ4v) is 2.60. The Bertz CT molecular complexity index is 775. The zero-order valence-electron chi connectivity index (χ0n) is 10.1. The molecule has 3 aromatic rings. The van der Waals surface area contributed by atoms with Gasteiger partial charge in [-0.05, 0) is 30.3 Å². The van der Waals surface area contributed by atoms with E-state index >= 15 is 0 Å². The Hall–Kier alpha value is -1.36. The van der Waals surface area contributed by atoms with Gasteiger partial charge >= 0.3 is 0 Å². The van der Waals surface area contributed by atoms with Gasteiger partial charge in [-0.15, -0.1) is 0 Å². The molecule has 0 unspecified atom stereocenters. The van der Waals surface area contributed by atoms with E-state index in [0.717, 1.165) is 15.2 Å². The van der Waals surface area contributed by atoms with Crippen molar-refractivity contribution in [3.05, 3.63) is 57.2 Å². The third kappa shape index (κ3) is 2.73. The second kappa shape index (κ2) is 5.56.